The number of carbonyl (C=O) groups excluding carboxylic acids is 1. The molecule has 2 saturated carbocycles. The molecule has 0 amide bonds. The number of rotatable bonds is 2. The molecule has 0 aliphatic heterocycles. The van der Waals surface area contributed by atoms with Crippen molar-refractivity contribution >= 4 is 5.78 Å². The van der Waals surface area contributed by atoms with Crippen molar-refractivity contribution in [3.8, 4) is 0 Å². The Kier molecular flexibility index (Phi) is 3.81. The van der Waals surface area contributed by atoms with Gasteiger partial charge in [0.2, 0.25) is 0 Å². The fraction of sp³-hybridized carbons (Fsp3) is 0.762. The van der Waals surface area contributed by atoms with E-state index < -0.39 is 5.79 Å². The van der Waals surface area contributed by atoms with Crippen LogP contribution in [0.15, 0.2) is 23.3 Å². The molecule has 4 aliphatic rings. The largest absolute Gasteiger partial charge is 0.353 e. The van der Waals surface area contributed by atoms with E-state index in [9.17, 15) is 4.79 Å². The lowest BCUT2D eigenvalue weighted by Crippen LogP contribution is -2.46. The number of fused-ring (bicyclic) bond motifs is 4. The van der Waals surface area contributed by atoms with Gasteiger partial charge in [-0.25, -0.2) is 0 Å². The van der Waals surface area contributed by atoms with Crippen LogP contribution in [-0.4, -0.2) is 25.8 Å². The fourth-order valence-electron chi connectivity index (χ4n) is 6.36. The Morgan fingerprint density at radius 3 is 2.58 bits per heavy atom. The number of methoxy groups -OCH3 is 2. The van der Waals surface area contributed by atoms with Gasteiger partial charge in [-0.05, 0) is 61.9 Å². The molecule has 3 heteroatoms. The van der Waals surface area contributed by atoms with Crippen LogP contribution in [0.3, 0.4) is 0 Å². The highest BCUT2D eigenvalue weighted by Crippen LogP contribution is 2.61. The lowest BCUT2D eigenvalue weighted by atomic mass is 9.54. The first-order valence-corrected chi connectivity index (χ1v) is 9.48. The molecule has 0 N–H and O–H groups in total. The smallest absolute Gasteiger partial charge is 0.171 e. The Morgan fingerprint density at radius 1 is 1.12 bits per heavy atom. The minimum atomic E-state index is -0.410. The molecule has 0 bridgehead atoms. The first kappa shape index (κ1) is 16.5. The average Bonchev–Trinajstić information content (AvgIpc) is 2.84. The zero-order valence-electron chi connectivity index (χ0n) is 15.3. The van der Waals surface area contributed by atoms with Crippen LogP contribution in [-0.2, 0) is 14.3 Å². The molecule has 0 spiro atoms. The highest BCUT2D eigenvalue weighted by atomic mass is 16.7. The van der Waals surface area contributed by atoms with E-state index >= 15 is 0 Å². The molecule has 2 fully saturated rings. The molecule has 0 aromatic heterocycles. The number of ether oxygens (including phenoxy) is 2. The van der Waals surface area contributed by atoms with E-state index in [4.69, 9.17) is 9.47 Å². The van der Waals surface area contributed by atoms with E-state index in [1.807, 2.05) is 0 Å². The van der Waals surface area contributed by atoms with E-state index in [1.165, 1.54) is 12.8 Å². The maximum atomic E-state index is 12.6. The summed E-state index contributed by atoms with van der Waals surface area (Å²) in [5, 5.41) is 0. The van der Waals surface area contributed by atoms with Gasteiger partial charge in [0.1, 0.15) is 0 Å². The molecule has 0 radical (unpaired) electrons. The second-order valence-corrected chi connectivity index (χ2v) is 8.63. The van der Waals surface area contributed by atoms with Crippen molar-refractivity contribution in [2.45, 2.75) is 64.1 Å². The summed E-state index contributed by atoms with van der Waals surface area (Å²) in [5.41, 5.74) is 4.01. The average molecular weight is 330 g/mol. The second kappa shape index (κ2) is 5.54. The second-order valence-electron chi connectivity index (χ2n) is 8.63. The fourth-order valence-corrected chi connectivity index (χ4v) is 6.36. The van der Waals surface area contributed by atoms with Crippen LogP contribution in [0.5, 0.6) is 0 Å². The Labute approximate surface area is 145 Å². The molecular weight excluding hydrogens is 300 g/mol. The molecule has 0 unspecified atom stereocenters. The van der Waals surface area contributed by atoms with Gasteiger partial charge in [0.05, 0.1) is 0 Å². The monoisotopic (exact) mass is 330 g/mol. The third kappa shape index (κ3) is 2.13. The third-order valence-electron chi connectivity index (χ3n) is 7.82. The van der Waals surface area contributed by atoms with Gasteiger partial charge < -0.3 is 9.47 Å². The molecule has 0 heterocycles. The Balaban J connectivity index is 1.63. The number of hydrogen-bond donors (Lipinski definition) is 0. The molecular formula is C21H30O3. The van der Waals surface area contributed by atoms with Crippen molar-refractivity contribution in [3.05, 3.63) is 23.3 Å². The van der Waals surface area contributed by atoms with Crippen LogP contribution in [0.2, 0.25) is 0 Å². The lowest BCUT2D eigenvalue weighted by molar-refractivity contribution is -0.213. The predicted octanol–water partition coefficient (Wildman–Crippen LogP) is 4.43. The zero-order chi connectivity index (χ0) is 17.1. The van der Waals surface area contributed by atoms with Crippen LogP contribution in [0.25, 0.3) is 0 Å². The number of carbonyl (C=O) groups is 1. The standard InChI is InChI=1S/C21H30O3/c1-13-11-18-17-6-5-14-12-21(23-3,24-4)10-8-15(14)16(17)7-9-20(18,2)19(13)22/h16-18H,1,5-12H2,2-4H3/t16-,17-,18+,20+/m1/s1. The minimum absolute atomic E-state index is 0.131. The van der Waals surface area contributed by atoms with Crippen molar-refractivity contribution in [2.75, 3.05) is 14.2 Å². The summed E-state index contributed by atoms with van der Waals surface area (Å²) >= 11 is 0. The molecule has 0 saturated heterocycles. The first-order chi connectivity index (χ1) is 11.4. The quantitative estimate of drug-likeness (QED) is 0.427. The summed E-state index contributed by atoms with van der Waals surface area (Å²) in [7, 11) is 3.53. The maximum absolute atomic E-state index is 12.6. The summed E-state index contributed by atoms with van der Waals surface area (Å²) in [5.74, 6) is 1.81. The molecule has 3 nitrogen and oxygen atoms in total. The van der Waals surface area contributed by atoms with E-state index in [-0.39, 0.29) is 5.41 Å². The van der Waals surface area contributed by atoms with E-state index in [1.54, 1.807) is 25.4 Å². The Hall–Kier alpha value is -0.930. The highest BCUT2D eigenvalue weighted by molar-refractivity contribution is 6.02. The molecule has 4 aliphatic carbocycles. The van der Waals surface area contributed by atoms with Crippen molar-refractivity contribution < 1.29 is 14.3 Å². The predicted molar refractivity (Wildman–Crippen MR) is 93.4 cm³/mol. The van der Waals surface area contributed by atoms with Gasteiger partial charge in [-0.15, -0.1) is 0 Å². The molecule has 0 aromatic rings. The first-order valence-electron chi connectivity index (χ1n) is 9.48. The van der Waals surface area contributed by atoms with Crippen LogP contribution in [0.4, 0.5) is 0 Å². The zero-order valence-corrected chi connectivity index (χ0v) is 15.3. The van der Waals surface area contributed by atoms with Gasteiger partial charge in [0.15, 0.2) is 11.6 Å². The van der Waals surface area contributed by atoms with Crippen molar-refractivity contribution in [2.24, 2.45) is 23.2 Å². The van der Waals surface area contributed by atoms with Crippen LogP contribution < -0.4 is 0 Å². The normalized spacial score (nSPS) is 41.0. The summed E-state index contributed by atoms with van der Waals surface area (Å²) in [4.78, 5) is 12.6. The lowest BCUT2D eigenvalue weighted by Gasteiger charge is -2.51. The number of Topliss-reactive ketones (excluding diaryl/α,β-unsaturated/α-hetero) is 1. The van der Waals surface area contributed by atoms with Crippen LogP contribution >= 0.6 is 0 Å². The topological polar surface area (TPSA) is 35.5 Å². The molecule has 0 aromatic carbocycles. The summed E-state index contributed by atoms with van der Waals surface area (Å²) in [6.07, 6.45) is 8.47. The highest BCUT2D eigenvalue weighted by Gasteiger charge is 2.56. The summed E-state index contributed by atoms with van der Waals surface area (Å²) < 4.78 is 11.4. The van der Waals surface area contributed by atoms with Crippen molar-refractivity contribution in [1.82, 2.24) is 0 Å². The molecule has 132 valence electrons. The van der Waals surface area contributed by atoms with Gasteiger partial charge >= 0.3 is 0 Å². The van der Waals surface area contributed by atoms with Gasteiger partial charge in [0.25, 0.3) is 0 Å². The number of hydrogen-bond acceptors (Lipinski definition) is 3. The Morgan fingerprint density at radius 2 is 1.88 bits per heavy atom. The van der Waals surface area contributed by atoms with Gasteiger partial charge in [-0.3, -0.25) is 4.79 Å². The van der Waals surface area contributed by atoms with Crippen molar-refractivity contribution in [1.29, 1.82) is 0 Å². The minimum Gasteiger partial charge on any atom is -0.353 e. The summed E-state index contributed by atoms with van der Waals surface area (Å²) in [6, 6.07) is 0. The maximum Gasteiger partial charge on any atom is 0.171 e. The van der Waals surface area contributed by atoms with Crippen LogP contribution in [0, 0.1) is 23.2 Å². The molecule has 4 atom stereocenters. The van der Waals surface area contributed by atoms with E-state index in [0.29, 0.717) is 23.5 Å². The van der Waals surface area contributed by atoms with Crippen molar-refractivity contribution in [3.63, 3.8) is 0 Å². The SMILES string of the molecule is C=C1C[C@H]2[C@@H]3CCC4=C(CCC(OC)(OC)C4)[C@H]3CC[C@]2(C)C1=O. The molecule has 4 rings (SSSR count). The van der Waals surface area contributed by atoms with Gasteiger partial charge in [0, 0.05) is 32.5 Å². The molecule has 24 heavy (non-hydrogen) atoms. The van der Waals surface area contributed by atoms with Gasteiger partial charge in [-0.2, -0.15) is 0 Å². The van der Waals surface area contributed by atoms with Gasteiger partial charge in [-0.1, -0.05) is 24.6 Å². The number of allylic oxidation sites excluding steroid dienone is 2. The summed E-state index contributed by atoms with van der Waals surface area (Å²) in [6.45, 7) is 6.28. The Bertz CT molecular complexity index is 613. The van der Waals surface area contributed by atoms with Crippen LogP contribution in [0.1, 0.15) is 58.3 Å². The van der Waals surface area contributed by atoms with E-state index in [2.05, 4.69) is 13.5 Å². The van der Waals surface area contributed by atoms with E-state index in [0.717, 1.165) is 44.1 Å². The number of ketones is 1. The third-order valence-corrected chi connectivity index (χ3v) is 7.82.